The van der Waals surface area contributed by atoms with Gasteiger partial charge in [0, 0.05) is 37.8 Å². The Morgan fingerprint density at radius 1 is 1.05 bits per heavy atom. The van der Waals surface area contributed by atoms with Gasteiger partial charge in [-0.1, -0.05) is 13.8 Å². The Bertz CT molecular complexity index is 261. The molecule has 3 fully saturated rings. The molecular weight excluding hydrogens is 234 g/mol. The molecule has 2 bridgehead atoms. The van der Waals surface area contributed by atoms with Gasteiger partial charge in [0.2, 0.25) is 0 Å². The first-order valence-electron chi connectivity index (χ1n) is 8.44. The van der Waals surface area contributed by atoms with Crippen molar-refractivity contribution in [3.63, 3.8) is 0 Å². The molecule has 19 heavy (non-hydrogen) atoms. The van der Waals surface area contributed by atoms with Crippen molar-refractivity contribution in [2.75, 3.05) is 32.7 Å². The van der Waals surface area contributed by atoms with Crippen LogP contribution in [0.25, 0.3) is 0 Å². The normalized spacial score (nSPS) is 32.7. The number of nitrogens with one attached hydrogen (secondary N) is 1. The van der Waals surface area contributed by atoms with Crippen LogP contribution < -0.4 is 5.32 Å². The average molecular weight is 267 g/mol. The third-order valence-corrected chi connectivity index (χ3v) is 5.01. The summed E-state index contributed by atoms with van der Waals surface area (Å²) in [5.41, 5.74) is 0. The van der Waals surface area contributed by atoms with E-state index in [9.17, 15) is 0 Å². The van der Waals surface area contributed by atoms with Crippen LogP contribution in [0.5, 0.6) is 0 Å². The Balaban J connectivity index is 0.000000637. The molecule has 3 rings (SSSR count). The van der Waals surface area contributed by atoms with Crippen LogP contribution in [0.1, 0.15) is 47.0 Å². The van der Waals surface area contributed by atoms with Crippen LogP contribution in [-0.4, -0.2) is 60.6 Å². The number of hydrogen-bond donors (Lipinski definition) is 1. The zero-order valence-electron chi connectivity index (χ0n) is 13.4. The lowest BCUT2D eigenvalue weighted by atomic mass is 9.97. The van der Waals surface area contributed by atoms with Gasteiger partial charge in [0.1, 0.15) is 0 Å². The fraction of sp³-hybridized carbons (Fsp3) is 1.00. The first-order valence-corrected chi connectivity index (χ1v) is 8.44. The van der Waals surface area contributed by atoms with Gasteiger partial charge in [-0.3, -0.25) is 9.80 Å². The van der Waals surface area contributed by atoms with Gasteiger partial charge in [-0.15, -0.1) is 0 Å². The Morgan fingerprint density at radius 2 is 1.74 bits per heavy atom. The Kier molecular flexibility index (Phi) is 5.67. The number of piperazine rings is 1. The van der Waals surface area contributed by atoms with Gasteiger partial charge in [-0.05, 0) is 52.1 Å². The van der Waals surface area contributed by atoms with E-state index in [1.165, 1.54) is 52.0 Å². The minimum absolute atomic E-state index is 0.742. The molecule has 0 aromatic carbocycles. The summed E-state index contributed by atoms with van der Waals surface area (Å²) in [4.78, 5) is 5.50. The Labute approximate surface area is 119 Å². The lowest BCUT2D eigenvalue weighted by Gasteiger charge is -2.38. The second kappa shape index (κ2) is 7.05. The third-order valence-electron chi connectivity index (χ3n) is 5.01. The Hall–Kier alpha value is -0.120. The first kappa shape index (κ1) is 15.3. The zero-order valence-corrected chi connectivity index (χ0v) is 13.4. The maximum absolute atomic E-state index is 3.47. The van der Waals surface area contributed by atoms with E-state index in [0.717, 1.165) is 24.0 Å². The zero-order chi connectivity index (χ0) is 13.8. The summed E-state index contributed by atoms with van der Waals surface area (Å²) in [7, 11) is 0. The summed E-state index contributed by atoms with van der Waals surface area (Å²) in [6.45, 7) is 15.2. The molecule has 2 atom stereocenters. The smallest absolute Gasteiger partial charge is 0.0242 e. The van der Waals surface area contributed by atoms with Crippen LogP contribution in [0.15, 0.2) is 0 Å². The Morgan fingerprint density at radius 3 is 2.26 bits per heavy atom. The molecule has 0 aromatic rings. The fourth-order valence-electron chi connectivity index (χ4n) is 4.03. The number of piperidine rings is 1. The van der Waals surface area contributed by atoms with Crippen molar-refractivity contribution >= 4 is 0 Å². The SMILES string of the molecule is CC.CC(C)N1CC2CC1CN2CC1CCNCC1. The molecule has 0 amide bonds. The van der Waals surface area contributed by atoms with Crippen LogP contribution in [0.4, 0.5) is 0 Å². The van der Waals surface area contributed by atoms with E-state index in [1.54, 1.807) is 0 Å². The van der Waals surface area contributed by atoms with E-state index in [-0.39, 0.29) is 0 Å². The summed E-state index contributed by atoms with van der Waals surface area (Å²) in [6.07, 6.45) is 4.21. The minimum atomic E-state index is 0.742. The van der Waals surface area contributed by atoms with Crippen molar-refractivity contribution < 1.29 is 0 Å². The number of nitrogens with zero attached hydrogens (tertiary/aromatic N) is 2. The minimum Gasteiger partial charge on any atom is -0.317 e. The molecule has 0 radical (unpaired) electrons. The van der Waals surface area contributed by atoms with Crippen molar-refractivity contribution in [2.24, 2.45) is 5.92 Å². The fourth-order valence-corrected chi connectivity index (χ4v) is 4.03. The summed E-state index contributed by atoms with van der Waals surface area (Å²) < 4.78 is 0. The van der Waals surface area contributed by atoms with Crippen LogP contribution in [0, 0.1) is 5.92 Å². The van der Waals surface area contributed by atoms with Crippen molar-refractivity contribution in [1.82, 2.24) is 15.1 Å². The van der Waals surface area contributed by atoms with Crippen LogP contribution in [-0.2, 0) is 0 Å². The highest BCUT2D eigenvalue weighted by Crippen LogP contribution is 2.33. The van der Waals surface area contributed by atoms with Gasteiger partial charge in [-0.25, -0.2) is 0 Å². The lowest BCUT2D eigenvalue weighted by molar-refractivity contribution is 0.0885. The molecule has 3 nitrogen and oxygen atoms in total. The molecule has 2 unspecified atom stereocenters. The molecule has 0 saturated carbocycles. The summed E-state index contributed by atoms with van der Waals surface area (Å²) in [5, 5.41) is 3.47. The monoisotopic (exact) mass is 267 g/mol. The molecule has 112 valence electrons. The third kappa shape index (κ3) is 3.50. The number of fused-ring (bicyclic) bond motifs is 2. The molecular formula is C16H33N3. The summed E-state index contributed by atoms with van der Waals surface area (Å²) in [5.74, 6) is 0.961. The highest BCUT2D eigenvalue weighted by Gasteiger charge is 2.44. The predicted octanol–water partition coefficient (Wildman–Crippen LogP) is 2.18. The quantitative estimate of drug-likeness (QED) is 0.845. The van der Waals surface area contributed by atoms with Gasteiger partial charge < -0.3 is 5.32 Å². The molecule has 3 saturated heterocycles. The number of likely N-dealkylation sites (tertiary alicyclic amines) is 2. The number of rotatable bonds is 3. The number of hydrogen-bond acceptors (Lipinski definition) is 3. The topological polar surface area (TPSA) is 18.5 Å². The van der Waals surface area contributed by atoms with Gasteiger partial charge in [0.05, 0.1) is 0 Å². The van der Waals surface area contributed by atoms with Gasteiger partial charge >= 0.3 is 0 Å². The second-order valence-corrected chi connectivity index (χ2v) is 6.48. The van der Waals surface area contributed by atoms with Crippen LogP contribution in [0.2, 0.25) is 0 Å². The average Bonchev–Trinajstić information content (AvgIpc) is 3.02. The maximum atomic E-state index is 3.47. The van der Waals surface area contributed by atoms with Crippen molar-refractivity contribution in [1.29, 1.82) is 0 Å². The lowest BCUT2D eigenvalue weighted by Crippen LogP contribution is -2.50. The molecule has 0 aliphatic carbocycles. The van der Waals surface area contributed by atoms with Gasteiger partial charge in [0.25, 0.3) is 0 Å². The summed E-state index contributed by atoms with van der Waals surface area (Å²) in [6, 6.07) is 2.48. The first-order chi connectivity index (χ1) is 9.24. The molecule has 3 aliphatic heterocycles. The van der Waals surface area contributed by atoms with E-state index >= 15 is 0 Å². The highest BCUT2D eigenvalue weighted by molar-refractivity contribution is 5.01. The maximum Gasteiger partial charge on any atom is 0.0242 e. The molecule has 0 aromatic heterocycles. The largest absolute Gasteiger partial charge is 0.317 e. The molecule has 0 spiro atoms. The van der Waals surface area contributed by atoms with E-state index in [4.69, 9.17) is 0 Å². The van der Waals surface area contributed by atoms with E-state index in [0.29, 0.717) is 0 Å². The summed E-state index contributed by atoms with van der Waals surface area (Å²) >= 11 is 0. The van der Waals surface area contributed by atoms with Crippen LogP contribution in [0.3, 0.4) is 0 Å². The van der Waals surface area contributed by atoms with Gasteiger partial charge in [-0.2, -0.15) is 0 Å². The van der Waals surface area contributed by atoms with Crippen molar-refractivity contribution in [3.8, 4) is 0 Å². The molecule has 3 heteroatoms. The van der Waals surface area contributed by atoms with Crippen LogP contribution >= 0.6 is 0 Å². The van der Waals surface area contributed by atoms with Gasteiger partial charge in [0.15, 0.2) is 0 Å². The molecule has 3 heterocycles. The molecule has 1 N–H and O–H groups in total. The van der Waals surface area contributed by atoms with E-state index in [2.05, 4.69) is 29.0 Å². The van der Waals surface area contributed by atoms with E-state index < -0.39 is 0 Å². The highest BCUT2D eigenvalue weighted by atomic mass is 15.4. The van der Waals surface area contributed by atoms with E-state index in [1.807, 2.05) is 13.8 Å². The second-order valence-electron chi connectivity index (χ2n) is 6.48. The van der Waals surface area contributed by atoms with Crippen molar-refractivity contribution in [3.05, 3.63) is 0 Å². The molecule has 3 aliphatic rings. The standard InChI is InChI=1S/C14H27N3.C2H6/c1-11(2)17-10-13-7-14(17)9-16(13)8-12-3-5-15-6-4-12;1-2/h11-15H,3-10H2,1-2H3;1-2H3. The predicted molar refractivity (Wildman–Crippen MR) is 82.5 cm³/mol. The van der Waals surface area contributed by atoms with Crippen molar-refractivity contribution in [2.45, 2.75) is 65.1 Å².